The Morgan fingerprint density at radius 3 is 1.68 bits per heavy atom. The molecule has 3 aromatic rings. The molecule has 0 saturated heterocycles. The van der Waals surface area contributed by atoms with Gasteiger partial charge in [-0.25, -0.2) is 9.13 Å². The Morgan fingerprint density at radius 1 is 0.714 bits per heavy atom. The molecule has 3 heteroatoms. The molecule has 0 spiro atoms. The van der Waals surface area contributed by atoms with E-state index < -0.39 is 0 Å². The average molecular weight is 397 g/mol. The van der Waals surface area contributed by atoms with Crippen molar-refractivity contribution in [3.63, 3.8) is 0 Å². The molecule has 0 aliphatic rings. The lowest BCUT2D eigenvalue weighted by Crippen LogP contribution is -3.00. The zero-order valence-corrected chi connectivity index (χ0v) is 18.4. The van der Waals surface area contributed by atoms with Gasteiger partial charge in [0.25, 0.3) is 0 Å². The molecule has 2 aromatic carbocycles. The number of nitrogens with zero attached hydrogens (tertiary/aromatic N) is 2. The van der Waals surface area contributed by atoms with Crippen molar-refractivity contribution in [3.8, 4) is 0 Å². The van der Waals surface area contributed by atoms with Crippen molar-refractivity contribution in [3.05, 3.63) is 89.5 Å². The molecule has 0 aliphatic carbocycles. The molecule has 0 aliphatic heterocycles. The van der Waals surface area contributed by atoms with E-state index in [1.54, 1.807) is 0 Å². The van der Waals surface area contributed by atoms with Crippen LogP contribution in [0.2, 0.25) is 0 Å². The molecule has 1 heterocycles. The summed E-state index contributed by atoms with van der Waals surface area (Å²) in [6.07, 6.45) is 8.83. The van der Waals surface area contributed by atoms with Gasteiger partial charge < -0.3 is 12.4 Å². The van der Waals surface area contributed by atoms with Gasteiger partial charge in [-0.15, -0.1) is 0 Å². The van der Waals surface area contributed by atoms with Gasteiger partial charge in [0.15, 0.2) is 0 Å². The van der Waals surface area contributed by atoms with Gasteiger partial charge in [0.2, 0.25) is 6.33 Å². The first-order chi connectivity index (χ1) is 13.0. The quantitative estimate of drug-likeness (QED) is 0.516. The Kier molecular flexibility index (Phi) is 8.32. The molecule has 0 unspecified atom stereocenters. The van der Waals surface area contributed by atoms with Crippen LogP contribution in [-0.4, -0.2) is 4.57 Å². The average Bonchev–Trinajstić information content (AvgIpc) is 3.04. The van der Waals surface area contributed by atoms with E-state index in [0.29, 0.717) is 11.8 Å². The van der Waals surface area contributed by atoms with Crippen LogP contribution in [0.5, 0.6) is 0 Å². The maximum absolute atomic E-state index is 2.27. The van der Waals surface area contributed by atoms with Gasteiger partial charge in [-0.2, -0.15) is 0 Å². The highest BCUT2D eigenvalue weighted by Gasteiger charge is 2.07. The number of hydrogen-bond donors (Lipinski definition) is 0. The Morgan fingerprint density at radius 2 is 1.18 bits per heavy atom. The summed E-state index contributed by atoms with van der Waals surface area (Å²) in [4.78, 5) is 0. The monoisotopic (exact) mass is 396 g/mol. The van der Waals surface area contributed by atoms with Crippen LogP contribution in [0.25, 0.3) is 0 Å². The van der Waals surface area contributed by atoms with Crippen molar-refractivity contribution in [1.29, 1.82) is 0 Å². The molecule has 28 heavy (non-hydrogen) atoms. The van der Waals surface area contributed by atoms with E-state index in [0.717, 1.165) is 25.9 Å². The first-order valence-corrected chi connectivity index (χ1v) is 10.2. The minimum Gasteiger partial charge on any atom is -1.00 e. The number of halogens is 1. The summed E-state index contributed by atoms with van der Waals surface area (Å²) in [6.45, 7) is 10.9. The lowest BCUT2D eigenvalue weighted by atomic mass is 10.0. The fourth-order valence-corrected chi connectivity index (χ4v) is 3.55. The van der Waals surface area contributed by atoms with Gasteiger partial charge in [0.05, 0.1) is 0 Å². The SMILES string of the molecule is CC(C)Cc1ccc(Cn2cc[n+](Cc3ccc(CC(C)C)cc3)c2)cc1.[Cl-]. The van der Waals surface area contributed by atoms with E-state index in [9.17, 15) is 0 Å². The van der Waals surface area contributed by atoms with Crippen LogP contribution in [-0.2, 0) is 25.9 Å². The molecular weight excluding hydrogens is 364 g/mol. The van der Waals surface area contributed by atoms with Crippen LogP contribution >= 0.6 is 0 Å². The Balaban J connectivity index is 0.00000280. The van der Waals surface area contributed by atoms with E-state index in [2.05, 4.69) is 104 Å². The Labute approximate surface area is 176 Å². The fraction of sp³-hybridized carbons (Fsp3) is 0.400. The lowest BCUT2D eigenvalue weighted by Gasteiger charge is -2.06. The van der Waals surface area contributed by atoms with E-state index in [4.69, 9.17) is 0 Å². The van der Waals surface area contributed by atoms with Gasteiger partial charge in [-0.1, -0.05) is 76.2 Å². The van der Waals surface area contributed by atoms with Gasteiger partial charge in [-0.05, 0) is 46.9 Å². The van der Waals surface area contributed by atoms with E-state index in [1.807, 2.05) is 0 Å². The molecule has 0 N–H and O–H groups in total. The summed E-state index contributed by atoms with van der Waals surface area (Å²) in [5.74, 6) is 1.41. The highest BCUT2D eigenvalue weighted by atomic mass is 35.5. The Hall–Kier alpha value is -2.06. The zero-order valence-electron chi connectivity index (χ0n) is 17.6. The smallest absolute Gasteiger partial charge is 0.244 e. The second kappa shape index (κ2) is 10.5. The van der Waals surface area contributed by atoms with Gasteiger partial charge in [0.1, 0.15) is 25.5 Å². The maximum Gasteiger partial charge on any atom is 0.244 e. The van der Waals surface area contributed by atoms with Crippen molar-refractivity contribution in [1.82, 2.24) is 4.57 Å². The van der Waals surface area contributed by atoms with Crippen LogP contribution < -0.4 is 17.0 Å². The lowest BCUT2D eigenvalue weighted by molar-refractivity contribution is -0.687. The predicted molar refractivity (Wildman–Crippen MR) is 113 cm³/mol. The summed E-state index contributed by atoms with van der Waals surface area (Å²) in [5, 5.41) is 0. The molecular formula is C25H33ClN2. The minimum atomic E-state index is 0. The van der Waals surface area contributed by atoms with Crippen LogP contribution in [0.15, 0.2) is 67.3 Å². The second-order valence-electron chi connectivity index (χ2n) is 8.59. The molecule has 0 radical (unpaired) electrons. The van der Waals surface area contributed by atoms with Crippen molar-refractivity contribution in [2.75, 3.05) is 0 Å². The second-order valence-corrected chi connectivity index (χ2v) is 8.59. The fourth-order valence-electron chi connectivity index (χ4n) is 3.55. The zero-order chi connectivity index (χ0) is 19.2. The van der Waals surface area contributed by atoms with Crippen molar-refractivity contribution in [2.24, 2.45) is 11.8 Å². The molecule has 0 bridgehead atoms. The number of imidazole rings is 1. The number of rotatable bonds is 8. The van der Waals surface area contributed by atoms with E-state index >= 15 is 0 Å². The molecule has 150 valence electrons. The highest BCUT2D eigenvalue weighted by molar-refractivity contribution is 5.23. The van der Waals surface area contributed by atoms with Crippen molar-refractivity contribution in [2.45, 2.75) is 53.6 Å². The van der Waals surface area contributed by atoms with Crippen molar-refractivity contribution < 1.29 is 17.0 Å². The Bertz CT molecular complexity index is 760. The van der Waals surface area contributed by atoms with E-state index in [-0.39, 0.29) is 12.4 Å². The normalized spacial score (nSPS) is 11.1. The van der Waals surface area contributed by atoms with Crippen LogP contribution in [0, 0.1) is 11.8 Å². The molecule has 1 aromatic heterocycles. The van der Waals surface area contributed by atoms with E-state index in [1.165, 1.54) is 22.3 Å². The third kappa shape index (κ3) is 6.83. The van der Waals surface area contributed by atoms with Crippen LogP contribution in [0.4, 0.5) is 0 Å². The predicted octanol–water partition coefficient (Wildman–Crippen LogP) is 2.27. The van der Waals surface area contributed by atoms with Gasteiger partial charge >= 0.3 is 0 Å². The third-order valence-corrected chi connectivity index (χ3v) is 4.81. The highest BCUT2D eigenvalue weighted by Crippen LogP contribution is 2.11. The number of aromatic nitrogens is 2. The minimum absolute atomic E-state index is 0. The van der Waals surface area contributed by atoms with Crippen LogP contribution in [0.3, 0.4) is 0 Å². The number of hydrogen-bond acceptors (Lipinski definition) is 0. The molecule has 0 atom stereocenters. The molecule has 3 rings (SSSR count). The summed E-state index contributed by atoms with van der Waals surface area (Å²) in [5.41, 5.74) is 5.56. The topological polar surface area (TPSA) is 8.81 Å². The first-order valence-electron chi connectivity index (χ1n) is 10.2. The largest absolute Gasteiger partial charge is 1.00 e. The first kappa shape index (κ1) is 22.2. The van der Waals surface area contributed by atoms with Gasteiger partial charge in [0, 0.05) is 0 Å². The summed E-state index contributed by atoms with van der Waals surface area (Å²) in [7, 11) is 0. The van der Waals surface area contributed by atoms with Gasteiger partial charge in [-0.3, -0.25) is 0 Å². The standard InChI is InChI=1S/C25H33N2.ClH/c1-20(2)15-22-5-9-24(10-6-22)17-26-13-14-27(19-26)18-25-11-7-23(8-12-25)16-21(3)4;/h5-14,19-21H,15-18H2,1-4H3;1H/q+1;/p-1. The van der Waals surface area contributed by atoms with Crippen LogP contribution in [0.1, 0.15) is 49.9 Å². The number of benzene rings is 2. The summed E-state index contributed by atoms with van der Waals surface area (Å²) in [6, 6.07) is 18.1. The maximum atomic E-state index is 2.27. The molecule has 0 fully saturated rings. The molecule has 2 nitrogen and oxygen atoms in total. The van der Waals surface area contributed by atoms with Crippen molar-refractivity contribution >= 4 is 0 Å². The molecule has 0 saturated carbocycles. The molecule has 0 amide bonds. The summed E-state index contributed by atoms with van der Waals surface area (Å²) >= 11 is 0. The third-order valence-electron chi connectivity index (χ3n) is 4.81. The summed E-state index contributed by atoms with van der Waals surface area (Å²) < 4.78 is 4.51.